The molecule has 0 saturated heterocycles. The Labute approximate surface area is 137 Å². The molecule has 2 amide bonds. The molecule has 23 heavy (non-hydrogen) atoms. The van der Waals surface area contributed by atoms with E-state index in [1.807, 2.05) is 11.4 Å². The Morgan fingerprint density at radius 2 is 1.65 bits per heavy atom. The molecule has 114 valence electrons. The summed E-state index contributed by atoms with van der Waals surface area (Å²) in [6, 6.07) is 13.8. The number of amides is 2. The van der Waals surface area contributed by atoms with Gasteiger partial charge in [-0.1, -0.05) is 6.07 Å². The van der Waals surface area contributed by atoms with Crippen molar-refractivity contribution in [2.75, 3.05) is 10.6 Å². The summed E-state index contributed by atoms with van der Waals surface area (Å²) < 4.78 is 0. The number of thiophene rings is 1. The summed E-state index contributed by atoms with van der Waals surface area (Å²) in [5, 5.41) is 7.39. The van der Waals surface area contributed by atoms with Gasteiger partial charge in [-0.2, -0.15) is 0 Å². The van der Waals surface area contributed by atoms with Gasteiger partial charge in [0.25, 0.3) is 11.8 Å². The molecule has 0 aliphatic carbocycles. The second kappa shape index (κ2) is 6.85. The minimum atomic E-state index is -0.228. The average molecular weight is 323 g/mol. The first-order valence-corrected chi connectivity index (χ1v) is 7.76. The summed E-state index contributed by atoms with van der Waals surface area (Å²) in [6.45, 7) is 0. The second-order valence-corrected chi connectivity index (χ2v) is 5.65. The van der Waals surface area contributed by atoms with Crippen molar-refractivity contribution in [1.29, 1.82) is 0 Å². The van der Waals surface area contributed by atoms with Crippen LogP contribution in [-0.2, 0) is 0 Å². The van der Waals surface area contributed by atoms with E-state index in [0.29, 0.717) is 21.8 Å². The van der Waals surface area contributed by atoms with Gasteiger partial charge in [-0.3, -0.25) is 14.6 Å². The molecule has 2 N–H and O–H groups in total. The van der Waals surface area contributed by atoms with Crippen LogP contribution in [0.3, 0.4) is 0 Å². The Morgan fingerprint density at radius 1 is 0.870 bits per heavy atom. The molecule has 2 heterocycles. The maximum absolute atomic E-state index is 12.1. The van der Waals surface area contributed by atoms with E-state index in [4.69, 9.17) is 0 Å². The monoisotopic (exact) mass is 323 g/mol. The number of aromatic nitrogens is 1. The van der Waals surface area contributed by atoms with Gasteiger partial charge in [0.2, 0.25) is 0 Å². The molecule has 0 unspecified atom stereocenters. The Balaban J connectivity index is 1.65. The summed E-state index contributed by atoms with van der Waals surface area (Å²) in [5.74, 6) is -0.387. The van der Waals surface area contributed by atoms with Crippen LogP contribution >= 0.6 is 11.3 Å². The lowest BCUT2D eigenvalue weighted by Crippen LogP contribution is -2.13. The number of pyridine rings is 1. The lowest BCUT2D eigenvalue weighted by molar-refractivity contribution is 0.102. The number of hydrogen-bond acceptors (Lipinski definition) is 4. The van der Waals surface area contributed by atoms with Crippen LogP contribution < -0.4 is 10.6 Å². The highest BCUT2D eigenvalue weighted by atomic mass is 32.1. The van der Waals surface area contributed by atoms with Gasteiger partial charge in [0.05, 0.1) is 16.8 Å². The number of anilines is 2. The maximum atomic E-state index is 12.1. The predicted octanol–water partition coefficient (Wildman–Crippen LogP) is 3.65. The molecule has 0 spiro atoms. The molecular formula is C17H13N3O2S. The molecule has 0 aliphatic rings. The van der Waals surface area contributed by atoms with Gasteiger partial charge in [0.15, 0.2) is 0 Å². The van der Waals surface area contributed by atoms with Crippen molar-refractivity contribution in [3.63, 3.8) is 0 Å². The highest BCUT2D eigenvalue weighted by Gasteiger charge is 2.09. The zero-order chi connectivity index (χ0) is 16.1. The molecule has 5 nitrogen and oxygen atoms in total. The van der Waals surface area contributed by atoms with E-state index in [-0.39, 0.29) is 11.8 Å². The van der Waals surface area contributed by atoms with Gasteiger partial charge in [-0.15, -0.1) is 11.3 Å². The third kappa shape index (κ3) is 3.81. The average Bonchev–Trinajstić information content (AvgIpc) is 3.11. The summed E-state index contributed by atoms with van der Waals surface area (Å²) >= 11 is 1.38. The van der Waals surface area contributed by atoms with E-state index in [9.17, 15) is 9.59 Å². The van der Waals surface area contributed by atoms with Crippen molar-refractivity contribution in [1.82, 2.24) is 4.98 Å². The van der Waals surface area contributed by atoms with Gasteiger partial charge in [0.1, 0.15) is 0 Å². The molecule has 0 radical (unpaired) electrons. The van der Waals surface area contributed by atoms with Gasteiger partial charge in [-0.25, -0.2) is 0 Å². The molecule has 0 fully saturated rings. The molecule has 2 aromatic heterocycles. The topological polar surface area (TPSA) is 71.1 Å². The number of benzene rings is 1. The fraction of sp³-hybridized carbons (Fsp3) is 0. The number of nitrogens with zero attached hydrogens (tertiary/aromatic N) is 1. The molecule has 3 aromatic rings. The second-order valence-electron chi connectivity index (χ2n) is 4.70. The van der Waals surface area contributed by atoms with Crippen molar-refractivity contribution in [2.45, 2.75) is 0 Å². The molecular weight excluding hydrogens is 310 g/mol. The predicted molar refractivity (Wildman–Crippen MR) is 90.9 cm³/mol. The van der Waals surface area contributed by atoms with Crippen molar-refractivity contribution in [3.8, 4) is 0 Å². The molecule has 1 aromatic carbocycles. The molecule has 6 heteroatoms. The van der Waals surface area contributed by atoms with Crippen LogP contribution in [0.2, 0.25) is 0 Å². The van der Waals surface area contributed by atoms with Gasteiger partial charge in [0, 0.05) is 17.4 Å². The van der Waals surface area contributed by atoms with Gasteiger partial charge in [-0.05, 0) is 47.8 Å². The zero-order valence-electron chi connectivity index (χ0n) is 12.0. The molecule has 0 atom stereocenters. The van der Waals surface area contributed by atoms with Crippen LogP contribution in [0, 0.1) is 0 Å². The number of nitrogens with one attached hydrogen (secondary N) is 2. The van der Waals surface area contributed by atoms with E-state index < -0.39 is 0 Å². The fourth-order valence-electron chi connectivity index (χ4n) is 1.95. The standard InChI is InChI=1S/C17H13N3O2S/c21-16(20-14-3-1-9-18-11-14)12-5-7-13(8-6-12)19-17(22)15-4-2-10-23-15/h1-11H,(H,19,22)(H,20,21). The summed E-state index contributed by atoms with van der Waals surface area (Å²) in [4.78, 5) is 28.6. The van der Waals surface area contributed by atoms with Gasteiger partial charge >= 0.3 is 0 Å². The van der Waals surface area contributed by atoms with Crippen LogP contribution in [0.5, 0.6) is 0 Å². The Morgan fingerprint density at radius 3 is 2.30 bits per heavy atom. The third-order valence-electron chi connectivity index (χ3n) is 3.07. The van der Waals surface area contributed by atoms with E-state index in [1.54, 1.807) is 54.9 Å². The quantitative estimate of drug-likeness (QED) is 0.770. The third-order valence-corrected chi connectivity index (χ3v) is 3.94. The maximum Gasteiger partial charge on any atom is 0.265 e. The lowest BCUT2D eigenvalue weighted by Gasteiger charge is -2.07. The first-order valence-electron chi connectivity index (χ1n) is 6.89. The Bertz CT molecular complexity index is 800. The van der Waals surface area contributed by atoms with E-state index in [2.05, 4.69) is 15.6 Å². The summed E-state index contributed by atoms with van der Waals surface area (Å²) in [7, 11) is 0. The lowest BCUT2D eigenvalue weighted by atomic mass is 10.2. The number of carbonyl (C=O) groups is 2. The number of hydrogen-bond donors (Lipinski definition) is 2. The van der Waals surface area contributed by atoms with Crippen LogP contribution in [-0.4, -0.2) is 16.8 Å². The van der Waals surface area contributed by atoms with Crippen molar-refractivity contribution in [2.24, 2.45) is 0 Å². The molecule has 0 bridgehead atoms. The summed E-state index contributed by atoms with van der Waals surface area (Å²) in [6.07, 6.45) is 3.22. The van der Waals surface area contributed by atoms with Crippen LogP contribution in [0.25, 0.3) is 0 Å². The Kier molecular flexibility index (Phi) is 4.44. The normalized spacial score (nSPS) is 10.1. The van der Waals surface area contributed by atoms with E-state index in [0.717, 1.165) is 0 Å². The van der Waals surface area contributed by atoms with E-state index in [1.165, 1.54) is 11.3 Å². The number of rotatable bonds is 4. The fourth-order valence-corrected chi connectivity index (χ4v) is 2.56. The van der Waals surface area contributed by atoms with Crippen LogP contribution in [0.15, 0.2) is 66.3 Å². The van der Waals surface area contributed by atoms with Crippen molar-refractivity contribution >= 4 is 34.5 Å². The molecule has 0 saturated carbocycles. The molecule has 3 rings (SSSR count). The summed E-state index contributed by atoms with van der Waals surface area (Å²) in [5.41, 5.74) is 1.77. The first-order chi connectivity index (χ1) is 11.2. The largest absolute Gasteiger partial charge is 0.321 e. The molecule has 0 aliphatic heterocycles. The highest BCUT2D eigenvalue weighted by Crippen LogP contribution is 2.15. The minimum absolute atomic E-state index is 0.160. The van der Waals surface area contributed by atoms with Crippen LogP contribution in [0.1, 0.15) is 20.0 Å². The SMILES string of the molecule is O=C(Nc1cccnc1)c1ccc(NC(=O)c2cccs2)cc1. The zero-order valence-corrected chi connectivity index (χ0v) is 12.8. The van der Waals surface area contributed by atoms with Crippen LogP contribution in [0.4, 0.5) is 11.4 Å². The van der Waals surface area contributed by atoms with Crippen molar-refractivity contribution < 1.29 is 9.59 Å². The smallest absolute Gasteiger partial charge is 0.265 e. The van der Waals surface area contributed by atoms with Gasteiger partial charge < -0.3 is 10.6 Å². The minimum Gasteiger partial charge on any atom is -0.321 e. The Hall–Kier alpha value is -2.99. The highest BCUT2D eigenvalue weighted by molar-refractivity contribution is 7.12. The van der Waals surface area contributed by atoms with Crippen molar-refractivity contribution in [3.05, 3.63) is 76.7 Å². The van der Waals surface area contributed by atoms with E-state index >= 15 is 0 Å². The first kappa shape index (κ1) is 14.9. The number of carbonyl (C=O) groups excluding carboxylic acids is 2.